The summed E-state index contributed by atoms with van der Waals surface area (Å²) in [6.07, 6.45) is 6.94. The molecule has 9 nitrogen and oxygen atoms in total. The monoisotopic (exact) mass is 502 g/mol. The average Bonchev–Trinajstić information content (AvgIpc) is 3.64. The summed E-state index contributed by atoms with van der Waals surface area (Å²) >= 11 is 0. The highest BCUT2D eigenvalue weighted by atomic mass is 16.5. The molecule has 6 rings (SSSR count). The van der Waals surface area contributed by atoms with E-state index < -0.39 is 0 Å². The number of hydrogen-bond acceptors (Lipinski definition) is 6. The quantitative estimate of drug-likeness (QED) is 0.279. The Labute approximate surface area is 217 Å². The molecule has 0 aliphatic carbocycles. The molecule has 1 amide bonds. The zero-order valence-corrected chi connectivity index (χ0v) is 20.3. The summed E-state index contributed by atoms with van der Waals surface area (Å²) in [5.41, 5.74) is 5.57. The van der Waals surface area contributed by atoms with Gasteiger partial charge >= 0.3 is 0 Å². The topological polar surface area (TPSA) is 118 Å². The van der Waals surface area contributed by atoms with Gasteiger partial charge in [-0.15, -0.1) is 0 Å². The zero-order valence-electron chi connectivity index (χ0n) is 20.3. The van der Waals surface area contributed by atoms with E-state index in [2.05, 4.69) is 25.3 Å². The number of phenolic OH excluding ortho intramolecular Hbond substituents is 1. The lowest BCUT2D eigenvalue weighted by atomic mass is 10.0. The minimum Gasteiger partial charge on any atom is -0.507 e. The minimum atomic E-state index is -0.250. The van der Waals surface area contributed by atoms with Crippen LogP contribution in [0.1, 0.15) is 10.4 Å². The van der Waals surface area contributed by atoms with E-state index in [0.717, 1.165) is 22.3 Å². The second-order valence-electron chi connectivity index (χ2n) is 8.58. The van der Waals surface area contributed by atoms with Crippen molar-refractivity contribution in [2.75, 3.05) is 12.4 Å². The Hall–Kier alpha value is -5.44. The van der Waals surface area contributed by atoms with E-state index in [-0.39, 0.29) is 11.7 Å². The highest BCUT2D eigenvalue weighted by Crippen LogP contribution is 2.35. The number of pyridine rings is 1. The van der Waals surface area contributed by atoms with Crippen LogP contribution in [0.25, 0.3) is 39.2 Å². The van der Waals surface area contributed by atoms with Crippen LogP contribution in [0.4, 0.5) is 5.69 Å². The number of aromatic amines is 1. The summed E-state index contributed by atoms with van der Waals surface area (Å²) in [6, 6.07) is 21.7. The number of methoxy groups -OCH3 is 1. The maximum absolute atomic E-state index is 12.9. The van der Waals surface area contributed by atoms with Gasteiger partial charge in [-0.05, 0) is 72.3 Å². The molecular weight excluding hydrogens is 480 g/mol. The molecule has 3 aromatic carbocycles. The molecule has 6 aromatic rings. The fourth-order valence-electron chi connectivity index (χ4n) is 4.27. The Bertz CT molecular complexity index is 1760. The van der Waals surface area contributed by atoms with Gasteiger partial charge in [0, 0.05) is 41.1 Å². The number of benzene rings is 3. The predicted molar refractivity (Wildman–Crippen MR) is 144 cm³/mol. The van der Waals surface area contributed by atoms with Gasteiger partial charge in [0.2, 0.25) is 5.88 Å². The van der Waals surface area contributed by atoms with Gasteiger partial charge < -0.3 is 24.7 Å². The van der Waals surface area contributed by atoms with Crippen molar-refractivity contribution >= 4 is 22.6 Å². The number of amides is 1. The Balaban J connectivity index is 1.27. The maximum atomic E-state index is 12.9. The molecule has 0 saturated heterocycles. The number of aromatic nitrogens is 5. The molecule has 0 fully saturated rings. The van der Waals surface area contributed by atoms with Crippen LogP contribution in [-0.4, -0.2) is 42.6 Å². The van der Waals surface area contributed by atoms with Gasteiger partial charge in [0.25, 0.3) is 5.91 Å². The minimum absolute atomic E-state index is 0.0766. The number of phenols is 1. The van der Waals surface area contributed by atoms with Gasteiger partial charge in [-0.2, -0.15) is 0 Å². The molecule has 0 radical (unpaired) electrons. The highest BCUT2D eigenvalue weighted by molar-refractivity contribution is 6.06. The molecule has 9 heteroatoms. The largest absolute Gasteiger partial charge is 0.507 e. The van der Waals surface area contributed by atoms with Gasteiger partial charge in [0.15, 0.2) is 0 Å². The first-order valence-electron chi connectivity index (χ1n) is 11.8. The lowest BCUT2D eigenvalue weighted by molar-refractivity contribution is 0.102. The first-order chi connectivity index (χ1) is 18.6. The number of hydrogen-bond donors (Lipinski definition) is 3. The summed E-state index contributed by atoms with van der Waals surface area (Å²) in [6.45, 7) is 0. The molecule has 0 aliphatic rings. The first-order valence-corrected chi connectivity index (χ1v) is 11.8. The van der Waals surface area contributed by atoms with E-state index in [0.29, 0.717) is 34.0 Å². The number of carbonyl (C=O) groups excluding carboxylic acids is 1. The molecular formula is C29H22N6O3. The number of ether oxygens (including phenoxy) is 1. The molecule has 3 N–H and O–H groups in total. The SMILES string of the molecule is COc1ncccc1-c1ccc(O)c(-c2nc3cc(C(=O)Nc4ccc(-n5ccnc5)cc4)ccc3[nH]2)c1. The third kappa shape index (κ3) is 4.33. The summed E-state index contributed by atoms with van der Waals surface area (Å²) in [7, 11) is 1.57. The van der Waals surface area contributed by atoms with Crippen LogP contribution in [0, 0.1) is 0 Å². The van der Waals surface area contributed by atoms with Crippen LogP contribution in [-0.2, 0) is 0 Å². The Morgan fingerprint density at radius 3 is 2.66 bits per heavy atom. The Morgan fingerprint density at radius 1 is 1.00 bits per heavy atom. The maximum Gasteiger partial charge on any atom is 0.255 e. The molecule has 0 spiro atoms. The summed E-state index contributed by atoms with van der Waals surface area (Å²) in [5, 5.41) is 13.5. The lowest BCUT2D eigenvalue weighted by Gasteiger charge is -2.09. The molecule has 3 heterocycles. The third-order valence-electron chi connectivity index (χ3n) is 6.20. The van der Waals surface area contributed by atoms with Crippen LogP contribution in [0.2, 0.25) is 0 Å². The van der Waals surface area contributed by atoms with E-state index in [1.165, 1.54) is 0 Å². The van der Waals surface area contributed by atoms with Crippen LogP contribution in [0.3, 0.4) is 0 Å². The number of imidazole rings is 2. The van der Waals surface area contributed by atoms with Gasteiger partial charge in [-0.1, -0.05) is 6.07 Å². The van der Waals surface area contributed by atoms with E-state index in [1.807, 2.05) is 53.2 Å². The number of H-pyrrole nitrogens is 1. The van der Waals surface area contributed by atoms with E-state index in [9.17, 15) is 9.90 Å². The molecule has 0 bridgehead atoms. The number of nitrogens with one attached hydrogen (secondary N) is 2. The van der Waals surface area contributed by atoms with Gasteiger partial charge in [-0.25, -0.2) is 15.0 Å². The second kappa shape index (κ2) is 9.55. The van der Waals surface area contributed by atoms with Gasteiger partial charge in [-0.3, -0.25) is 4.79 Å². The molecule has 0 saturated carbocycles. The molecule has 0 unspecified atom stereocenters. The summed E-state index contributed by atoms with van der Waals surface area (Å²) < 4.78 is 7.27. The smallest absolute Gasteiger partial charge is 0.255 e. The van der Waals surface area contributed by atoms with Crippen LogP contribution >= 0.6 is 0 Å². The normalized spacial score (nSPS) is 11.0. The number of rotatable bonds is 6. The van der Waals surface area contributed by atoms with E-state index in [1.54, 1.807) is 56.2 Å². The zero-order chi connectivity index (χ0) is 26.1. The fraction of sp³-hybridized carbons (Fsp3) is 0.0345. The molecule has 186 valence electrons. The highest BCUT2D eigenvalue weighted by Gasteiger charge is 2.15. The van der Waals surface area contributed by atoms with Crippen LogP contribution < -0.4 is 10.1 Å². The van der Waals surface area contributed by atoms with Crippen molar-refractivity contribution in [2.45, 2.75) is 0 Å². The molecule has 3 aromatic heterocycles. The Morgan fingerprint density at radius 2 is 1.87 bits per heavy atom. The van der Waals surface area contributed by atoms with Crippen molar-refractivity contribution in [1.29, 1.82) is 0 Å². The van der Waals surface area contributed by atoms with Crippen molar-refractivity contribution in [2.24, 2.45) is 0 Å². The predicted octanol–water partition coefficient (Wildman–Crippen LogP) is 5.44. The van der Waals surface area contributed by atoms with Crippen molar-refractivity contribution in [3.05, 3.63) is 103 Å². The number of fused-ring (bicyclic) bond motifs is 1. The van der Waals surface area contributed by atoms with Crippen molar-refractivity contribution in [3.8, 4) is 39.8 Å². The lowest BCUT2D eigenvalue weighted by Crippen LogP contribution is -2.11. The summed E-state index contributed by atoms with van der Waals surface area (Å²) in [4.78, 5) is 29.1. The Kier molecular flexibility index (Phi) is 5.78. The van der Waals surface area contributed by atoms with Crippen molar-refractivity contribution in [3.63, 3.8) is 0 Å². The van der Waals surface area contributed by atoms with Crippen LogP contribution in [0.15, 0.2) is 97.7 Å². The molecule has 38 heavy (non-hydrogen) atoms. The van der Waals surface area contributed by atoms with Gasteiger partial charge in [0.05, 0.1) is 30.0 Å². The second-order valence-corrected chi connectivity index (χ2v) is 8.58. The molecule has 0 aliphatic heterocycles. The number of nitrogens with zero attached hydrogens (tertiary/aromatic N) is 4. The number of anilines is 1. The number of carbonyl (C=O) groups is 1. The average molecular weight is 503 g/mol. The third-order valence-corrected chi connectivity index (χ3v) is 6.20. The van der Waals surface area contributed by atoms with Gasteiger partial charge in [0.1, 0.15) is 11.6 Å². The molecule has 0 atom stereocenters. The van der Waals surface area contributed by atoms with E-state index >= 15 is 0 Å². The number of aromatic hydroxyl groups is 1. The fourth-order valence-corrected chi connectivity index (χ4v) is 4.27. The van der Waals surface area contributed by atoms with Crippen molar-refractivity contribution in [1.82, 2.24) is 24.5 Å². The first kappa shape index (κ1) is 23.0. The standard InChI is InChI=1S/C29H22N6O3/c1-38-29-22(3-2-12-31-29)18-5-11-26(36)23(15-18)27-33-24-10-4-19(16-25(24)34-27)28(37)32-20-6-8-21(9-7-20)35-14-13-30-17-35/h2-17,36H,1H3,(H,32,37)(H,33,34). The van der Waals surface area contributed by atoms with Crippen LogP contribution in [0.5, 0.6) is 11.6 Å². The van der Waals surface area contributed by atoms with E-state index in [4.69, 9.17) is 4.74 Å². The van der Waals surface area contributed by atoms with Crippen molar-refractivity contribution < 1.29 is 14.6 Å². The summed E-state index contributed by atoms with van der Waals surface area (Å²) in [5.74, 6) is 0.795.